The number of carbonyl (C=O) groups excluding carboxylic acids is 1. The second-order valence-corrected chi connectivity index (χ2v) is 10.9. The highest BCUT2D eigenvalue weighted by Crippen LogP contribution is 2.60. The number of fused-ring (bicyclic) bond motifs is 1. The lowest BCUT2D eigenvalue weighted by Gasteiger charge is -2.54. The lowest BCUT2D eigenvalue weighted by molar-refractivity contribution is -0.133. The van der Waals surface area contributed by atoms with Crippen molar-refractivity contribution in [3.63, 3.8) is 0 Å². The van der Waals surface area contributed by atoms with Crippen molar-refractivity contribution in [2.45, 2.75) is 44.2 Å². The average Bonchev–Trinajstić information content (AvgIpc) is 3.50. The molecule has 2 bridgehead atoms. The molecule has 4 unspecified atom stereocenters. The van der Waals surface area contributed by atoms with Crippen LogP contribution in [0.15, 0.2) is 59.9 Å². The van der Waals surface area contributed by atoms with Crippen molar-refractivity contribution in [2.24, 2.45) is 10.4 Å². The Morgan fingerprint density at radius 1 is 1.21 bits per heavy atom. The van der Waals surface area contributed by atoms with Gasteiger partial charge in [0.15, 0.2) is 5.17 Å². The molecule has 4 atom stereocenters. The molecule has 7 rings (SSSR count). The summed E-state index contributed by atoms with van der Waals surface area (Å²) in [6.45, 7) is 4.25. The highest BCUT2D eigenvalue weighted by molar-refractivity contribution is 8.14. The van der Waals surface area contributed by atoms with Crippen molar-refractivity contribution in [3.05, 3.63) is 77.4 Å². The van der Waals surface area contributed by atoms with Gasteiger partial charge in [0.1, 0.15) is 17.9 Å². The Bertz CT molecular complexity index is 1300. The molecule has 0 saturated heterocycles. The van der Waals surface area contributed by atoms with E-state index in [0.717, 1.165) is 23.7 Å². The van der Waals surface area contributed by atoms with Gasteiger partial charge in [0.2, 0.25) is 5.91 Å². The van der Waals surface area contributed by atoms with E-state index in [9.17, 15) is 4.79 Å². The van der Waals surface area contributed by atoms with Crippen molar-refractivity contribution in [1.82, 2.24) is 20.1 Å². The van der Waals surface area contributed by atoms with E-state index in [2.05, 4.69) is 64.3 Å². The number of ether oxygens (including phenoxy) is 1. The van der Waals surface area contributed by atoms with Gasteiger partial charge in [-0.05, 0) is 55.5 Å². The van der Waals surface area contributed by atoms with E-state index in [0.29, 0.717) is 11.6 Å². The van der Waals surface area contributed by atoms with Crippen LogP contribution in [0.2, 0.25) is 0 Å². The van der Waals surface area contributed by atoms with Gasteiger partial charge in [-0.25, -0.2) is 0 Å². The third kappa shape index (κ3) is 3.11. The lowest BCUT2D eigenvalue weighted by Crippen LogP contribution is -2.57. The molecule has 0 spiro atoms. The van der Waals surface area contributed by atoms with E-state index in [1.165, 1.54) is 16.7 Å². The molecule has 34 heavy (non-hydrogen) atoms. The van der Waals surface area contributed by atoms with Crippen LogP contribution in [0.25, 0.3) is 0 Å². The number of hydrogen-bond donors (Lipinski definition) is 1. The summed E-state index contributed by atoms with van der Waals surface area (Å²) in [4.78, 5) is 18.6. The van der Waals surface area contributed by atoms with Crippen LogP contribution in [0, 0.1) is 5.41 Å². The Kier molecular flexibility index (Phi) is 4.85. The minimum Gasteiger partial charge on any atom is -0.497 e. The van der Waals surface area contributed by atoms with E-state index in [1.807, 2.05) is 18.2 Å². The molecule has 4 aliphatic rings. The van der Waals surface area contributed by atoms with Gasteiger partial charge in [-0.3, -0.25) is 9.79 Å². The van der Waals surface area contributed by atoms with Crippen LogP contribution >= 0.6 is 11.8 Å². The third-order valence-corrected chi connectivity index (χ3v) is 8.63. The smallest absolute Gasteiger partial charge is 0.234 e. The van der Waals surface area contributed by atoms with Gasteiger partial charge in [0.25, 0.3) is 0 Å². The summed E-state index contributed by atoms with van der Waals surface area (Å²) in [5.74, 6) is 2.66. The Hall–Kier alpha value is -3.13. The van der Waals surface area contributed by atoms with Crippen LogP contribution in [0.5, 0.6) is 5.75 Å². The SMILES string of the molecule is COc1ccc(CC2CSC(NC(=O)C3(C)CC4(C)c5ccccc5C3n3cnnc34)=N2)cc1. The molecule has 7 nitrogen and oxygen atoms in total. The Balaban J connectivity index is 1.25. The number of hydrogen-bond acceptors (Lipinski definition) is 6. The van der Waals surface area contributed by atoms with Gasteiger partial charge >= 0.3 is 0 Å². The Morgan fingerprint density at radius 2 is 2.00 bits per heavy atom. The molecule has 3 aliphatic heterocycles. The first kappa shape index (κ1) is 21.4. The van der Waals surface area contributed by atoms with Gasteiger partial charge in [0.05, 0.1) is 30.0 Å². The number of nitrogens with zero attached hydrogens (tertiary/aromatic N) is 4. The largest absolute Gasteiger partial charge is 0.497 e. The standard InChI is InChI=1S/C26H27N5O2S/c1-25-14-26(2,21(31-15-27-30-22(25)31)19-6-4-5-7-20(19)25)23(32)29-24-28-17(13-34-24)12-16-8-10-18(33-3)11-9-16/h4-11,15,17,21H,12-14H2,1-3H3,(H,28,29,32). The molecule has 8 heteroatoms. The predicted octanol–water partition coefficient (Wildman–Crippen LogP) is 3.74. The molecule has 1 aliphatic carbocycles. The fraction of sp³-hybridized carbons (Fsp3) is 0.385. The molecule has 3 aromatic rings. The van der Waals surface area contributed by atoms with Crippen LogP contribution in [0.4, 0.5) is 0 Å². The van der Waals surface area contributed by atoms with Crippen molar-refractivity contribution < 1.29 is 9.53 Å². The number of amides is 1. The summed E-state index contributed by atoms with van der Waals surface area (Å²) in [5.41, 5.74) is 2.63. The quantitative estimate of drug-likeness (QED) is 0.624. The van der Waals surface area contributed by atoms with E-state index < -0.39 is 5.41 Å². The normalized spacial score (nSPS) is 28.7. The first-order valence-electron chi connectivity index (χ1n) is 11.6. The average molecular weight is 474 g/mol. The number of thioether (sulfide) groups is 1. The minimum atomic E-state index is -0.643. The zero-order valence-corrected chi connectivity index (χ0v) is 20.3. The van der Waals surface area contributed by atoms with Crippen LogP contribution in [0.3, 0.4) is 0 Å². The zero-order chi connectivity index (χ0) is 23.5. The summed E-state index contributed by atoms with van der Waals surface area (Å²) < 4.78 is 7.34. The number of methoxy groups -OCH3 is 1. The van der Waals surface area contributed by atoms with Crippen molar-refractivity contribution in [1.29, 1.82) is 0 Å². The molecule has 0 radical (unpaired) electrons. The maximum Gasteiger partial charge on any atom is 0.234 e. The van der Waals surface area contributed by atoms with Crippen LogP contribution in [-0.2, 0) is 16.6 Å². The lowest BCUT2D eigenvalue weighted by atomic mass is 9.55. The molecular weight excluding hydrogens is 446 g/mol. The Morgan fingerprint density at radius 3 is 2.79 bits per heavy atom. The van der Waals surface area contributed by atoms with Crippen molar-refractivity contribution in [2.75, 3.05) is 12.9 Å². The highest BCUT2D eigenvalue weighted by atomic mass is 32.2. The van der Waals surface area contributed by atoms with Crippen LogP contribution in [-0.4, -0.2) is 44.7 Å². The number of nitrogens with one attached hydrogen (secondary N) is 1. The molecule has 2 aromatic carbocycles. The number of carbonyl (C=O) groups is 1. The molecule has 1 amide bonds. The van der Waals surface area contributed by atoms with Crippen molar-refractivity contribution >= 4 is 22.8 Å². The topological polar surface area (TPSA) is 81.4 Å². The maximum absolute atomic E-state index is 13.8. The number of aromatic nitrogens is 3. The molecular formula is C26H27N5O2S. The molecule has 4 heterocycles. The fourth-order valence-corrected chi connectivity index (χ4v) is 6.99. The van der Waals surface area contributed by atoms with Gasteiger partial charge in [-0.1, -0.05) is 48.2 Å². The minimum absolute atomic E-state index is 0.00826. The first-order chi connectivity index (χ1) is 16.4. The molecule has 0 fully saturated rings. The summed E-state index contributed by atoms with van der Waals surface area (Å²) in [7, 11) is 1.67. The third-order valence-electron chi connectivity index (χ3n) is 7.60. The molecule has 174 valence electrons. The monoisotopic (exact) mass is 473 g/mol. The second-order valence-electron chi connectivity index (χ2n) is 9.88. The van der Waals surface area contributed by atoms with Crippen LogP contribution < -0.4 is 10.1 Å². The highest BCUT2D eigenvalue weighted by Gasteiger charge is 2.60. The number of rotatable bonds is 4. The summed E-state index contributed by atoms with van der Waals surface area (Å²) in [6, 6.07) is 16.5. The summed E-state index contributed by atoms with van der Waals surface area (Å²) >= 11 is 1.62. The summed E-state index contributed by atoms with van der Waals surface area (Å²) in [6.07, 6.45) is 3.29. The second kappa shape index (κ2) is 7.70. The van der Waals surface area contributed by atoms with E-state index >= 15 is 0 Å². The molecule has 1 N–H and O–H groups in total. The van der Waals surface area contributed by atoms with Gasteiger partial charge in [-0.15, -0.1) is 10.2 Å². The van der Waals surface area contributed by atoms with E-state index in [1.54, 1.807) is 25.2 Å². The first-order valence-corrected chi connectivity index (χ1v) is 12.6. The molecule has 1 aromatic heterocycles. The van der Waals surface area contributed by atoms with Gasteiger partial charge in [0, 0.05) is 5.75 Å². The van der Waals surface area contributed by atoms with E-state index in [-0.39, 0.29) is 23.4 Å². The van der Waals surface area contributed by atoms with Gasteiger partial charge in [-0.2, -0.15) is 0 Å². The number of benzene rings is 2. The predicted molar refractivity (Wildman–Crippen MR) is 132 cm³/mol. The maximum atomic E-state index is 13.8. The number of aliphatic imine (C=N–C) groups is 1. The van der Waals surface area contributed by atoms with Gasteiger partial charge < -0.3 is 14.6 Å². The Labute approximate surface area is 203 Å². The zero-order valence-electron chi connectivity index (χ0n) is 19.5. The fourth-order valence-electron chi connectivity index (χ4n) is 6.06. The van der Waals surface area contributed by atoms with E-state index in [4.69, 9.17) is 9.73 Å². The number of amidine groups is 1. The summed E-state index contributed by atoms with van der Waals surface area (Å²) in [5, 5.41) is 12.5. The van der Waals surface area contributed by atoms with Crippen LogP contribution in [0.1, 0.15) is 48.8 Å². The van der Waals surface area contributed by atoms with Crippen molar-refractivity contribution in [3.8, 4) is 5.75 Å². The molecule has 0 saturated carbocycles.